The van der Waals surface area contributed by atoms with E-state index >= 15 is 0 Å². The molecule has 1 aliphatic rings. The number of ether oxygens (including phenoxy) is 1. The summed E-state index contributed by atoms with van der Waals surface area (Å²) >= 11 is 0. The zero-order chi connectivity index (χ0) is 8.97. The third-order valence-electron chi connectivity index (χ3n) is 2.26. The quantitative estimate of drug-likeness (QED) is 0.587. The van der Waals surface area contributed by atoms with Gasteiger partial charge in [-0.2, -0.15) is 0 Å². The minimum atomic E-state index is 0.477. The van der Waals surface area contributed by atoms with Crippen molar-refractivity contribution in [1.82, 2.24) is 9.80 Å². The summed E-state index contributed by atoms with van der Waals surface area (Å²) < 4.78 is 5.28. The molecule has 0 aromatic heterocycles. The van der Waals surface area contributed by atoms with Gasteiger partial charge in [0, 0.05) is 32.6 Å². The average molecular weight is 170 g/mol. The van der Waals surface area contributed by atoms with Gasteiger partial charge in [-0.05, 0) is 13.8 Å². The van der Waals surface area contributed by atoms with Gasteiger partial charge in [0.2, 0.25) is 0 Å². The van der Waals surface area contributed by atoms with Crippen LogP contribution in [0.3, 0.4) is 0 Å². The fourth-order valence-electron chi connectivity index (χ4n) is 1.25. The van der Waals surface area contributed by atoms with Crippen LogP contribution in [0, 0.1) is 0 Å². The molecule has 3 nitrogen and oxygen atoms in total. The maximum absolute atomic E-state index is 5.28. The Morgan fingerprint density at radius 1 is 1.42 bits per heavy atom. The van der Waals surface area contributed by atoms with Crippen LogP contribution in [0.25, 0.3) is 0 Å². The summed E-state index contributed by atoms with van der Waals surface area (Å²) in [4.78, 5) is 4.46. The first-order chi connectivity index (χ1) is 5.75. The minimum absolute atomic E-state index is 0.477. The van der Waals surface area contributed by atoms with Crippen molar-refractivity contribution in [3.05, 3.63) is 12.4 Å². The van der Waals surface area contributed by atoms with Crippen LogP contribution in [-0.2, 0) is 4.74 Å². The van der Waals surface area contributed by atoms with Crippen molar-refractivity contribution >= 4 is 0 Å². The Morgan fingerprint density at radius 3 is 2.67 bits per heavy atom. The first-order valence-corrected chi connectivity index (χ1v) is 4.49. The maximum atomic E-state index is 5.28. The Kier molecular flexibility index (Phi) is 3.41. The van der Waals surface area contributed by atoms with Crippen molar-refractivity contribution in [2.75, 3.05) is 26.8 Å². The van der Waals surface area contributed by atoms with Gasteiger partial charge in [0.15, 0.2) is 0 Å². The fraction of sp³-hybridized carbons (Fsp3) is 0.778. The summed E-state index contributed by atoms with van der Waals surface area (Å²) in [6.45, 7) is 6.82. The molecule has 0 saturated carbocycles. The summed E-state index contributed by atoms with van der Waals surface area (Å²) in [5.41, 5.74) is 0. The van der Waals surface area contributed by atoms with Gasteiger partial charge >= 0.3 is 0 Å². The number of hydrogen-bond donors (Lipinski definition) is 0. The van der Waals surface area contributed by atoms with E-state index in [1.807, 2.05) is 6.92 Å². The molecule has 0 aliphatic carbocycles. The van der Waals surface area contributed by atoms with E-state index in [1.165, 1.54) is 0 Å². The predicted octanol–water partition coefficient (Wildman–Crippen LogP) is 1.09. The van der Waals surface area contributed by atoms with Gasteiger partial charge in [0.25, 0.3) is 0 Å². The largest absolute Gasteiger partial charge is 0.380 e. The van der Waals surface area contributed by atoms with Gasteiger partial charge in [0.05, 0.1) is 12.8 Å². The Hall–Kier alpha value is -0.700. The van der Waals surface area contributed by atoms with Crippen molar-refractivity contribution < 1.29 is 4.74 Å². The Balaban J connectivity index is 2.21. The molecule has 0 bridgehead atoms. The Labute approximate surface area is 74.6 Å². The topological polar surface area (TPSA) is 15.7 Å². The molecule has 0 amide bonds. The highest BCUT2D eigenvalue weighted by atomic mass is 16.5. The first kappa shape index (κ1) is 9.39. The minimum Gasteiger partial charge on any atom is -0.380 e. The highest BCUT2D eigenvalue weighted by molar-refractivity contribution is 4.93. The molecular formula is C9H18N2O. The van der Waals surface area contributed by atoms with Crippen molar-refractivity contribution in [3.8, 4) is 0 Å². The van der Waals surface area contributed by atoms with Crippen molar-refractivity contribution in [2.24, 2.45) is 0 Å². The molecule has 1 rings (SSSR count). The SMILES string of the molecule is CCOCCN1C=CN(C)C1C. The molecule has 70 valence electrons. The first-order valence-electron chi connectivity index (χ1n) is 4.49. The Bertz CT molecular complexity index is 159. The molecule has 1 aliphatic heterocycles. The average Bonchev–Trinajstić information content (AvgIpc) is 2.36. The zero-order valence-corrected chi connectivity index (χ0v) is 8.16. The lowest BCUT2D eigenvalue weighted by Crippen LogP contribution is -2.35. The van der Waals surface area contributed by atoms with E-state index in [0.717, 1.165) is 19.8 Å². The second-order valence-electron chi connectivity index (χ2n) is 3.03. The van der Waals surface area contributed by atoms with E-state index in [4.69, 9.17) is 4.74 Å². The highest BCUT2D eigenvalue weighted by Gasteiger charge is 2.17. The van der Waals surface area contributed by atoms with Crippen molar-refractivity contribution in [1.29, 1.82) is 0 Å². The number of rotatable bonds is 4. The van der Waals surface area contributed by atoms with E-state index < -0.39 is 0 Å². The molecule has 3 heteroatoms. The monoisotopic (exact) mass is 170 g/mol. The van der Waals surface area contributed by atoms with Crippen LogP contribution in [0.15, 0.2) is 12.4 Å². The summed E-state index contributed by atoms with van der Waals surface area (Å²) in [6, 6.07) is 0. The van der Waals surface area contributed by atoms with Crippen LogP contribution < -0.4 is 0 Å². The van der Waals surface area contributed by atoms with Gasteiger partial charge in [-0.25, -0.2) is 0 Å². The van der Waals surface area contributed by atoms with Gasteiger partial charge < -0.3 is 14.5 Å². The molecule has 0 fully saturated rings. The van der Waals surface area contributed by atoms with E-state index in [2.05, 4.69) is 36.2 Å². The summed E-state index contributed by atoms with van der Waals surface area (Å²) in [5.74, 6) is 0. The van der Waals surface area contributed by atoms with Gasteiger partial charge in [-0.3, -0.25) is 0 Å². The molecule has 0 aromatic carbocycles. The van der Waals surface area contributed by atoms with E-state index in [1.54, 1.807) is 0 Å². The molecule has 0 N–H and O–H groups in total. The lowest BCUT2D eigenvalue weighted by Gasteiger charge is -2.26. The second-order valence-corrected chi connectivity index (χ2v) is 3.03. The van der Waals surface area contributed by atoms with Crippen LogP contribution in [0.5, 0.6) is 0 Å². The van der Waals surface area contributed by atoms with Crippen LogP contribution in [0.1, 0.15) is 13.8 Å². The van der Waals surface area contributed by atoms with Crippen LogP contribution in [0.2, 0.25) is 0 Å². The van der Waals surface area contributed by atoms with Crippen LogP contribution >= 0.6 is 0 Å². The molecular weight excluding hydrogens is 152 g/mol. The van der Waals surface area contributed by atoms with Gasteiger partial charge in [-0.15, -0.1) is 0 Å². The summed E-state index contributed by atoms with van der Waals surface area (Å²) in [5, 5.41) is 0. The third-order valence-corrected chi connectivity index (χ3v) is 2.26. The Morgan fingerprint density at radius 2 is 2.17 bits per heavy atom. The fourth-order valence-corrected chi connectivity index (χ4v) is 1.25. The van der Waals surface area contributed by atoms with E-state index in [9.17, 15) is 0 Å². The van der Waals surface area contributed by atoms with Gasteiger partial charge in [-0.1, -0.05) is 0 Å². The van der Waals surface area contributed by atoms with Crippen molar-refractivity contribution in [2.45, 2.75) is 20.0 Å². The molecule has 1 unspecified atom stereocenters. The lowest BCUT2D eigenvalue weighted by molar-refractivity contribution is 0.103. The molecule has 0 aromatic rings. The molecule has 1 atom stereocenters. The molecule has 0 radical (unpaired) electrons. The van der Waals surface area contributed by atoms with Crippen LogP contribution in [0.4, 0.5) is 0 Å². The molecule has 1 heterocycles. The number of nitrogens with zero attached hydrogens (tertiary/aromatic N) is 2. The zero-order valence-electron chi connectivity index (χ0n) is 8.16. The molecule has 0 saturated heterocycles. The third kappa shape index (κ3) is 2.14. The highest BCUT2D eigenvalue weighted by Crippen LogP contribution is 2.11. The summed E-state index contributed by atoms with van der Waals surface area (Å²) in [7, 11) is 2.09. The van der Waals surface area contributed by atoms with Crippen molar-refractivity contribution in [3.63, 3.8) is 0 Å². The smallest absolute Gasteiger partial charge is 0.0975 e. The molecule has 0 spiro atoms. The predicted molar refractivity (Wildman–Crippen MR) is 49.6 cm³/mol. The maximum Gasteiger partial charge on any atom is 0.0975 e. The lowest BCUT2D eigenvalue weighted by atomic mass is 10.4. The standard InChI is InChI=1S/C9H18N2O/c1-4-12-8-7-11-6-5-10(3)9(11)2/h5-6,9H,4,7-8H2,1-3H3. The van der Waals surface area contributed by atoms with Crippen LogP contribution in [-0.4, -0.2) is 42.8 Å². The molecule has 12 heavy (non-hydrogen) atoms. The normalized spacial score (nSPS) is 22.4. The van der Waals surface area contributed by atoms with E-state index in [0.29, 0.717) is 6.17 Å². The second kappa shape index (κ2) is 4.36. The number of hydrogen-bond acceptors (Lipinski definition) is 3. The summed E-state index contributed by atoms with van der Waals surface area (Å²) in [6.07, 6.45) is 4.69. The van der Waals surface area contributed by atoms with Gasteiger partial charge in [0.1, 0.15) is 0 Å². The van der Waals surface area contributed by atoms with E-state index in [-0.39, 0.29) is 0 Å².